The van der Waals surface area contributed by atoms with E-state index in [-0.39, 0.29) is 18.4 Å². The molecule has 0 unspecified atom stereocenters. The molecule has 0 heterocycles. The maximum atomic E-state index is 11.9. The number of likely N-dealkylation sites (N-methyl/N-ethyl adjacent to an activating group) is 1. The van der Waals surface area contributed by atoms with Crippen LogP contribution in [0, 0.1) is 5.41 Å². The fourth-order valence-electron chi connectivity index (χ4n) is 2.18. The third-order valence-corrected chi connectivity index (χ3v) is 3.22. The van der Waals surface area contributed by atoms with Gasteiger partial charge in [-0.25, -0.2) is 0 Å². The van der Waals surface area contributed by atoms with Gasteiger partial charge in [0.25, 0.3) is 0 Å². The molecule has 2 amide bonds. The van der Waals surface area contributed by atoms with Crippen molar-refractivity contribution < 1.29 is 9.59 Å². The number of rotatable bonds is 5. The van der Waals surface area contributed by atoms with Gasteiger partial charge in [0.15, 0.2) is 0 Å². The molecule has 0 radical (unpaired) electrons. The largest absolute Gasteiger partial charge is 0.355 e. The number of carbonyl (C=O) groups excluding carboxylic acids is 2. The van der Waals surface area contributed by atoms with Crippen molar-refractivity contribution in [1.82, 2.24) is 10.6 Å². The predicted octanol–water partition coefficient (Wildman–Crippen LogP) is -0.242. The van der Waals surface area contributed by atoms with E-state index in [2.05, 4.69) is 10.6 Å². The maximum Gasteiger partial charge on any atom is 0.239 e. The average Bonchev–Trinajstić information content (AvgIpc) is 2.76. The molecule has 0 aromatic heterocycles. The molecule has 92 valence electrons. The Balaban J connectivity index is 2.41. The third-order valence-electron chi connectivity index (χ3n) is 3.22. The SMILES string of the molecule is CCNC(=O)CNC(=O)C1(CN)CCCC1. The van der Waals surface area contributed by atoms with Crippen LogP contribution < -0.4 is 16.4 Å². The van der Waals surface area contributed by atoms with E-state index < -0.39 is 5.41 Å². The van der Waals surface area contributed by atoms with Gasteiger partial charge >= 0.3 is 0 Å². The first-order valence-corrected chi connectivity index (χ1v) is 5.89. The van der Waals surface area contributed by atoms with Crippen molar-refractivity contribution >= 4 is 11.8 Å². The molecule has 0 aromatic rings. The Morgan fingerprint density at radius 3 is 2.38 bits per heavy atom. The zero-order valence-electron chi connectivity index (χ0n) is 9.84. The van der Waals surface area contributed by atoms with E-state index in [1.807, 2.05) is 6.92 Å². The minimum atomic E-state index is -0.424. The van der Waals surface area contributed by atoms with E-state index in [1.54, 1.807) is 0 Å². The Labute approximate surface area is 96.1 Å². The molecule has 1 fully saturated rings. The highest BCUT2D eigenvalue weighted by atomic mass is 16.2. The first kappa shape index (κ1) is 13.0. The summed E-state index contributed by atoms with van der Waals surface area (Å²) in [5.41, 5.74) is 5.25. The summed E-state index contributed by atoms with van der Waals surface area (Å²) in [6.07, 6.45) is 3.77. The summed E-state index contributed by atoms with van der Waals surface area (Å²) in [5, 5.41) is 5.31. The van der Waals surface area contributed by atoms with Crippen molar-refractivity contribution in [3.8, 4) is 0 Å². The lowest BCUT2D eigenvalue weighted by Gasteiger charge is -2.25. The molecule has 0 spiro atoms. The summed E-state index contributed by atoms with van der Waals surface area (Å²) in [7, 11) is 0. The molecule has 0 saturated heterocycles. The van der Waals surface area contributed by atoms with Crippen LogP contribution >= 0.6 is 0 Å². The second-order valence-electron chi connectivity index (χ2n) is 4.33. The molecule has 4 N–H and O–H groups in total. The smallest absolute Gasteiger partial charge is 0.239 e. The molecule has 0 bridgehead atoms. The van der Waals surface area contributed by atoms with Crippen molar-refractivity contribution in [2.24, 2.45) is 11.1 Å². The van der Waals surface area contributed by atoms with Crippen LogP contribution in [0.25, 0.3) is 0 Å². The van der Waals surface area contributed by atoms with E-state index in [4.69, 9.17) is 5.73 Å². The fourth-order valence-corrected chi connectivity index (χ4v) is 2.18. The second-order valence-corrected chi connectivity index (χ2v) is 4.33. The number of hydrogen-bond acceptors (Lipinski definition) is 3. The van der Waals surface area contributed by atoms with Gasteiger partial charge in [-0.15, -0.1) is 0 Å². The van der Waals surface area contributed by atoms with Crippen molar-refractivity contribution in [1.29, 1.82) is 0 Å². The maximum absolute atomic E-state index is 11.9. The average molecular weight is 227 g/mol. The zero-order valence-corrected chi connectivity index (χ0v) is 9.84. The summed E-state index contributed by atoms with van der Waals surface area (Å²) >= 11 is 0. The van der Waals surface area contributed by atoms with Gasteiger partial charge in [0.1, 0.15) is 0 Å². The number of hydrogen-bond donors (Lipinski definition) is 3. The first-order chi connectivity index (χ1) is 7.64. The van der Waals surface area contributed by atoms with Crippen LogP contribution in [0.15, 0.2) is 0 Å². The lowest BCUT2D eigenvalue weighted by molar-refractivity contribution is -0.132. The van der Waals surface area contributed by atoms with E-state index in [9.17, 15) is 9.59 Å². The van der Waals surface area contributed by atoms with Gasteiger partial charge in [-0.2, -0.15) is 0 Å². The molecular weight excluding hydrogens is 206 g/mol. The Hall–Kier alpha value is -1.10. The molecule has 1 aliphatic rings. The lowest BCUT2D eigenvalue weighted by Crippen LogP contribution is -2.47. The van der Waals surface area contributed by atoms with Crippen molar-refractivity contribution in [3.05, 3.63) is 0 Å². The molecule has 16 heavy (non-hydrogen) atoms. The van der Waals surface area contributed by atoms with Crippen molar-refractivity contribution in [3.63, 3.8) is 0 Å². The molecule has 1 aliphatic carbocycles. The summed E-state index contributed by atoms with van der Waals surface area (Å²) in [5.74, 6) is -0.222. The van der Waals surface area contributed by atoms with E-state index in [0.717, 1.165) is 25.7 Å². The highest BCUT2D eigenvalue weighted by molar-refractivity contribution is 5.88. The highest BCUT2D eigenvalue weighted by Crippen LogP contribution is 2.37. The minimum Gasteiger partial charge on any atom is -0.355 e. The first-order valence-electron chi connectivity index (χ1n) is 5.89. The van der Waals surface area contributed by atoms with Gasteiger partial charge in [-0.05, 0) is 19.8 Å². The monoisotopic (exact) mass is 227 g/mol. The van der Waals surface area contributed by atoms with Crippen LogP contribution in [0.4, 0.5) is 0 Å². The van der Waals surface area contributed by atoms with Crippen LogP contribution in [-0.2, 0) is 9.59 Å². The summed E-state index contributed by atoms with van der Waals surface area (Å²) in [6, 6.07) is 0. The van der Waals surface area contributed by atoms with E-state index >= 15 is 0 Å². The molecule has 5 nitrogen and oxygen atoms in total. The number of carbonyl (C=O) groups is 2. The van der Waals surface area contributed by atoms with Gasteiger partial charge in [-0.3, -0.25) is 9.59 Å². The van der Waals surface area contributed by atoms with Gasteiger partial charge in [0, 0.05) is 13.1 Å². The van der Waals surface area contributed by atoms with Crippen LogP contribution in [0.3, 0.4) is 0 Å². The predicted molar refractivity (Wildman–Crippen MR) is 61.6 cm³/mol. The summed E-state index contributed by atoms with van der Waals surface area (Å²) in [6.45, 7) is 2.84. The molecule has 5 heteroatoms. The molecule has 0 aliphatic heterocycles. The van der Waals surface area contributed by atoms with Crippen molar-refractivity contribution in [2.75, 3.05) is 19.6 Å². The Bertz CT molecular complexity index is 260. The number of amides is 2. The Morgan fingerprint density at radius 2 is 1.88 bits per heavy atom. The van der Waals surface area contributed by atoms with Crippen LogP contribution in [0.5, 0.6) is 0 Å². The Kier molecular flexibility index (Phi) is 4.73. The van der Waals surface area contributed by atoms with Crippen LogP contribution in [0.1, 0.15) is 32.6 Å². The number of nitrogens with one attached hydrogen (secondary N) is 2. The van der Waals surface area contributed by atoms with Gasteiger partial charge in [0.2, 0.25) is 11.8 Å². The van der Waals surface area contributed by atoms with Gasteiger partial charge < -0.3 is 16.4 Å². The summed E-state index contributed by atoms with van der Waals surface area (Å²) < 4.78 is 0. The van der Waals surface area contributed by atoms with Gasteiger partial charge in [-0.1, -0.05) is 12.8 Å². The molecule has 1 saturated carbocycles. The summed E-state index contributed by atoms with van der Waals surface area (Å²) in [4.78, 5) is 23.1. The molecular formula is C11H21N3O2. The standard InChI is InChI=1S/C11H21N3O2/c1-2-13-9(15)7-14-10(16)11(8-12)5-3-4-6-11/h2-8,12H2,1H3,(H,13,15)(H,14,16). The minimum absolute atomic E-state index is 0.0500. The van der Waals surface area contributed by atoms with Crippen LogP contribution in [-0.4, -0.2) is 31.4 Å². The fraction of sp³-hybridized carbons (Fsp3) is 0.818. The third kappa shape index (κ3) is 2.95. The van der Waals surface area contributed by atoms with Crippen LogP contribution in [0.2, 0.25) is 0 Å². The molecule has 0 atom stereocenters. The topological polar surface area (TPSA) is 84.2 Å². The second kappa shape index (κ2) is 5.84. The lowest BCUT2D eigenvalue weighted by atomic mass is 9.85. The van der Waals surface area contributed by atoms with E-state index in [0.29, 0.717) is 13.1 Å². The Morgan fingerprint density at radius 1 is 1.25 bits per heavy atom. The number of nitrogens with two attached hydrogens (primary N) is 1. The highest BCUT2D eigenvalue weighted by Gasteiger charge is 2.39. The van der Waals surface area contributed by atoms with E-state index in [1.165, 1.54) is 0 Å². The normalized spacial score (nSPS) is 18.1. The van der Waals surface area contributed by atoms with Crippen molar-refractivity contribution in [2.45, 2.75) is 32.6 Å². The molecule has 1 rings (SSSR count). The quantitative estimate of drug-likeness (QED) is 0.606. The zero-order chi connectivity index (χ0) is 12.0. The molecule has 0 aromatic carbocycles. The van der Waals surface area contributed by atoms with Gasteiger partial charge in [0.05, 0.1) is 12.0 Å².